The van der Waals surface area contributed by atoms with Gasteiger partial charge in [-0.2, -0.15) is 0 Å². The van der Waals surface area contributed by atoms with Crippen molar-refractivity contribution in [3.63, 3.8) is 0 Å². The molecule has 0 aromatic heterocycles. The van der Waals surface area contributed by atoms with E-state index in [2.05, 4.69) is 19.2 Å². The van der Waals surface area contributed by atoms with Crippen molar-refractivity contribution < 1.29 is 32.9 Å². The van der Waals surface area contributed by atoms with Crippen molar-refractivity contribution in [2.75, 3.05) is 40.9 Å². The van der Waals surface area contributed by atoms with Gasteiger partial charge in [0.1, 0.15) is 13.2 Å². The smallest absolute Gasteiger partial charge is 0.268 e. The monoisotopic (exact) mass is 941 g/mol. The molecule has 0 bridgehead atoms. The van der Waals surface area contributed by atoms with Crippen molar-refractivity contribution in [2.24, 2.45) is 0 Å². The number of unbranched alkanes of at least 4 members (excludes halogenated alkanes) is 40. The summed E-state index contributed by atoms with van der Waals surface area (Å²) in [5.74, 6) is -0.192. The van der Waals surface area contributed by atoms with Gasteiger partial charge in [0.05, 0.1) is 39.9 Å². The number of phosphoric acid groups is 1. The van der Waals surface area contributed by atoms with Crippen molar-refractivity contribution >= 4 is 13.7 Å². The van der Waals surface area contributed by atoms with Gasteiger partial charge in [-0.1, -0.05) is 276 Å². The van der Waals surface area contributed by atoms with Crippen LogP contribution in [-0.2, 0) is 18.4 Å². The minimum Gasteiger partial charge on any atom is -0.756 e. The van der Waals surface area contributed by atoms with Gasteiger partial charge in [0, 0.05) is 6.42 Å². The molecule has 0 aliphatic carbocycles. The summed E-state index contributed by atoms with van der Waals surface area (Å²) in [6.07, 6.45) is 58.8. The number of amides is 1. The molecule has 2 N–H and O–H groups in total. The van der Waals surface area contributed by atoms with E-state index in [1.165, 1.54) is 231 Å². The second-order valence-corrected chi connectivity index (χ2v) is 22.4. The molecule has 0 saturated carbocycles. The Hall–Kier alpha value is -0.760. The van der Waals surface area contributed by atoms with E-state index in [1.807, 2.05) is 27.2 Å². The Morgan fingerprint density at radius 1 is 0.523 bits per heavy atom. The van der Waals surface area contributed by atoms with Crippen LogP contribution in [-0.4, -0.2) is 68.5 Å². The van der Waals surface area contributed by atoms with Gasteiger partial charge >= 0.3 is 0 Å². The summed E-state index contributed by atoms with van der Waals surface area (Å²) in [7, 11) is 1.28. The minimum atomic E-state index is -4.59. The van der Waals surface area contributed by atoms with Crippen LogP contribution in [0.3, 0.4) is 0 Å². The lowest BCUT2D eigenvalue weighted by atomic mass is 10.0. The van der Waals surface area contributed by atoms with Crippen LogP contribution in [0.15, 0.2) is 12.2 Å². The fourth-order valence-corrected chi connectivity index (χ4v) is 9.47. The summed E-state index contributed by atoms with van der Waals surface area (Å²) in [5.41, 5.74) is 0. The highest BCUT2D eigenvalue weighted by molar-refractivity contribution is 7.45. The van der Waals surface area contributed by atoms with E-state index in [9.17, 15) is 19.4 Å². The van der Waals surface area contributed by atoms with Crippen molar-refractivity contribution in [3.8, 4) is 0 Å². The maximum Gasteiger partial charge on any atom is 0.268 e. The second kappa shape index (κ2) is 48.3. The molecule has 0 heterocycles. The van der Waals surface area contributed by atoms with Gasteiger partial charge in [0.25, 0.3) is 7.82 Å². The van der Waals surface area contributed by atoms with Gasteiger partial charge in [0.15, 0.2) is 0 Å². The molecule has 0 fully saturated rings. The SMILES string of the molecule is CCCCCCCCCCCC/C=C/C(O)C(COP(=O)([O-])OCC[N+](C)(C)C)NC(=O)CCCCCCCCCCCCCCCCCCCCCCCCCCCCCCCCC. The average Bonchev–Trinajstić information content (AvgIpc) is 3.26. The Labute approximate surface area is 405 Å². The van der Waals surface area contributed by atoms with Gasteiger partial charge in [-0.25, -0.2) is 0 Å². The molecule has 0 aliphatic heterocycles. The van der Waals surface area contributed by atoms with Crippen LogP contribution < -0.4 is 10.2 Å². The maximum atomic E-state index is 12.9. The Balaban J connectivity index is 3.97. The van der Waals surface area contributed by atoms with Gasteiger partial charge in [0.2, 0.25) is 5.91 Å². The zero-order valence-electron chi connectivity index (χ0n) is 44.2. The summed E-state index contributed by atoms with van der Waals surface area (Å²) >= 11 is 0. The molecule has 3 unspecified atom stereocenters. The predicted octanol–water partition coefficient (Wildman–Crippen LogP) is 16.4. The van der Waals surface area contributed by atoms with Gasteiger partial charge < -0.3 is 28.8 Å². The third-order valence-electron chi connectivity index (χ3n) is 13.2. The Bertz CT molecular complexity index is 1070. The highest BCUT2D eigenvalue weighted by Crippen LogP contribution is 2.38. The molecular weight excluding hydrogens is 828 g/mol. The number of aliphatic hydroxyl groups is 1. The lowest BCUT2D eigenvalue weighted by molar-refractivity contribution is -0.870. The number of hydrogen-bond acceptors (Lipinski definition) is 6. The lowest BCUT2D eigenvalue weighted by Crippen LogP contribution is -2.45. The predicted molar refractivity (Wildman–Crippen MR) is 279 cm³/mol. The number of likely N-dealkylation sites (N-methyl/N-ethyl adjacent to an activating group) is 1. The van der Waals surface area contributed by atoms with Crippen LogP contribution in [0.2, 0.25) is 0 Å². The first-order valence-corrected chi connectivity index (χ1v) is 30.0. The molecule has 1 amide bonds. The van der Waals surface area contributed by atoms with E-state index in [1.54, 1.807) is 6.08 Å². The summed E-state index contributed by atoms with van der Waals surface area (Å²) in [4.78, 5) is 25.4. The molecule has 388 valence electrons. The van der Waals surface area contributed by atoms with Crippen molar-refractivity contribution in [3.05, 3.63) is 12.2 Å². The molecule has 0 aromatic rings. The van der Waals surface area contributed by atoms with E-state index in [4.69, 9.17) is 9.05 Å². The van der Waals surface area contributed by atoms with Crippen LogP contribution in [0.25, 0.3) is 0 Å². The van der Waals surface area contributed by atoms with Crippen LogP contribution in [0.1, 0.15) is 290 Å². The number of nitrogens with one attached hydrogen (secondary N) is 1. The van der Waals surface area contributed by atoms with Gasteiger partial charge in [-0.15, -0.1) is 0 Å². The first-order chi connectivity index (χ1) is 31.5. The highest BCUT2D eigenvalue weighted by atomic mass is 31.2. The maximum absolute atomic E-state index is 12.9. The molecule has 8 nitrogen and oxygen atoms in total. The van der Waals surface area contributed by atoms with E-state index in [0.29, 0.717) is 17.4 Å². The van der Waals surface area contributed by atoms with E-state index < -0.39 is 20.0 Å². The number of allylic oxidation sites excluding steroid dienone is 1. The third kappa shape index (κ3) is 50.9. The largest absolute Gasteiger partial charge is 0.756 e. The van der Waals surface area contributed by atoms with Crippen LogP contribution in [0.5, 0.6) is 0 Å². The van der Waals surface area contributed by atoms with Gasteiger partial charge in [-0.05, 0) is 19.3 Å². The van der Waals surface area contributed by atoms with Crippen molar-refractivity contribution in [2.45, 2.75) is 302 Å². The standard InChI is InChI=1S/C56H113N2O6P/c1-6-8-10-12-14-16-18-20-21-22-23-24-25-26-27-28-29-30-31-32-33-34-35-36-37-38-40-42-44-46-48-50-56(60)57-54(53-64-65(61,62)63-52-51-58(3,4)5)55(59)49-47-45-43-41-39-19-17-15-13-11-9-7-2/h47,49,54-55,59H,6-46,48,50-53H2,1-5H3,(H-,57,60,61,62)/b49-47+. The number of quaternary nitrogens is 1. The zero-order valence-corrected chi connectivity index (χ0v) is 45.1. The van der Waals surface area contributed by atoms with E-state index >= 15 is 0 Å². The average molecular weight is 942 g/mol. The highest BCUT2D eigenvalue weighted by Gasteiger charge is 2.23. The minimum absolute atomic E-state index is 0.00230. The van der Waals surface area contributed by atoms with Crippen LogP contribution >= 0.6 is 7.82 Å². The molecule has 0 aliphatic rings. The number of phosphoric ester groups is 1. The fourth-order valence-electron chi connectivity index (χ4n) is 8.74. The number of nitrogens with zero attached hydrogens (tertiary/aromatic N) is 1. The molecule has 3 atom stereocenters. The lowest BCUT2D eigenvalue weighted by Gasteiger charge is -2.29. The number of carbonyl (C=O) groups excluding carboxylic acids is 1. The summed E-state index contributed by atoms with van der Waals surface area (Å²) in [6, 6.07) is -0.880. The summed E-state index contributed by atoms with van der Waals surface area (Å²) < 4.78 is 23.3. The molecule has 0 saturated heterocycles. The second-order valence-electron chi connectivity index (χ2n) is 21.0. The van der Waals surface area contributed by atoms with E-state index in [0.717, 1.165) is 38.5 Å². The van der Waals surface area contributed by atoms with Gasteiger partial charge in [-0.3, -0.25) is 9.36 Å². The van der Waals surface area contributed by atoms with Crippen LogP contribution in [0.4, 0.5) is 0 Å². The summed E-state index contributed by atoms with van der Waals surface area (Å²) in [5, 5.41) is 13.8. The number of aliphatic hydroxyl groups excluding tert-OH is 1. The van der Waals surface area contributed by atoms with Crippen molar-refractivity contribution in [1.29, 1.82) is 0 Å². The first-order valence-electron chi connectivity index (χ1n) is 28.6. The first kappa shape index (κ1) is 64.2. The fraction of sp³-hybridized carbons (Fsp3) is 0.946. The third-order valence-corrected chi connectivity index (χ3v) is 14.2. The van der Waals surface area contributed by atoms with Crippen molar-refractivity contribution in [1.82, 2.24) is 5.32 Å². The molecular formula is C56H113N2O6P. The van der Waals surface area contributed by atoms with E-state index in [-0.39, 0.29) is 19.1 Å². The molecule has 65 heavy (non-hydrogen) atoms. The molecule has 0 aromatic carbocycles. The Kier molecular flexibility index (Phi) is 47.7. The molecule has 0 radical (unpaired) electrons. The Morgan fingerprint density at radius 2 is 0.831 bits per heavy atom. The molecule has 0 spiro atoms. The topological polar surface area (TPSA) is 108 Å². The normalized spacial score (nSPS) is 14.0. The quantitative estimate of drug-likeness (QED) is 0.0272. The molecule has 9 heteroatoms. The summed E-state index contributed by atoms with van der Waals surface area (Å²) in [6.45, 7) is 4.68. The number of carbonyl (C=O) groups is 1. The zero-order chi connectivity index (χ0) is 47.8. The number of hydrogen-bond donors (Lipinski definition) is 2. The molecule has 0 rings (SSSR count). The Morgan fingerprint density at radius 3 is 1.15 bits per heavy atom. The van der Waals surface area contributed by atoms with Crippen LogP contribution in [0, 0.1) is 0 Å². The number of rotatable bonds is 53.